The molecule has 0 amide bonds. The molecule has 0 bridgehead atoms. The Morgan fingerprint density at radius 3 is 2.50 bits per heavy atom. The molecule has 0 heterocycles. The molecule has 0 unspecified atom stereocenters. The van der Waals surface area contributed by atoms with E-state index in [4.69, 9.17) is 11.6 Å². The first kappa shape index (κ1) is 7.62. The van der Waals surface area contributed by atoms with Crippen molar-refractivity contribution >= 4 is 34.0 Å². The maximum Gasteiger partial charge on any atom is 0.0516 e. The van der Waals surface area contributed by atoms with Crippen molar-refractivity contribution in [3.8, 4) is 0 Å². The van der Waals surface area contributed by atoms with Crippen LogP contribution in [0, 0.1) is 3.57 Å². The van der Waals surface area contributed by atoms with Crippen molar-refractivity contribution in [3.05, 3.63) is 21.8 Å². The molecule has 1 aromatic carbocycles. The van der Waals surface area contributed by atoms with Gasteiger partial charge in [0.2, 0.25) is 0 Å². The quantitative estimate of drug-likeness (QED) is 0.303. The Bertz CT molecular complexity index is 216. The zero-order valence-electron chi connectivity index (χ0n) is 5.26. The predicted octanol–water partition coefficient (Wildman–Crippen LogP) is 1.16. The molecule has 0 aliphatic heterocycles. The second-order valence-electron chi connectivity index (χ2n) is 1.92. The molecule has 0 saturated carbocycles. The van der Waals surface area contributed by atoms with Crippen molar-refractivity contribution in [2.75, 3.05) is 11.2 Å². The van der Waals surface area contributed by atoms with Gasteiger partial charge in [0, 0.05) is 9.26 Å². The molecule has 0 aromatic heterocycles. The van der Waals surface area contributed by atoms with Gasteiger partial charge in [-0.25, -0.2) is 0 Å². The minimum atomic E-state index is 0.722. The van der Waals surface area contributed by atoms with Crippen molar-refractivity contribution in [1.82, 2.24) is 0 Å². The normalized spacial score (nSPS) is 9.40. The van der Waals surface area contributed by atoms with Crippen molar-refractivity contribution in [3.63, 3.8) is 0 Å². The Kier molecular flexibility index (Phi) is 2.34. The molecule has 10 heavy (non-hydrogen) atoms. The molecule has 0 spiro atoms. The summed E-state index contributed by atoms with van der Waals surface area (Å²) in [6.07, 6.45) is 0. The van der Waals surface area contributed by atoms with E-state index in [0.29, 0.717) is 0 Å². The Balaban J connectivity index is 3.06. The summed E-state index contributed by atoms with van der Waals surface area (Å²) in [6.45, 7) is 0. The third-order valence-corrected chi connectivity index (χ3v) is 1.71. The first-order chi connectivity index (χ1) is 4.72. The van der Waals surface area contributed by atoms with Gasteiger partial charge in [-0.1, -0.05) is 0 Å². The molecular formula is C6H8IN3. The van der Waals surface area contributed by atoms with E-state index >= 15 is 0 Å². The second kappa shape index (κ2) is 3.07. The standard InChI is InChI=1S/C6H8IN3/c7-4-1-5(8)3-6(2-4)10-9/h1-3,10H,8-9H2. The van der Waals surface area contributed by atoms with Crippen molar-refractivity contribution in [2.24, 2.45) is 5.84 Å². The van der Waals surface area contributed by atoms with Gasteiger partial charge >= 0.3 is 0 Å². The topological polar surface area (TPSA) is 64.1 Å². The molecule has 54 valence electrons. The van der Waals surface area contributed by atoms with E-state index < -0.39 is 0 Å². The van der Waals surface area contributed by atoms with Gasteiger partial charge in [0.05, 0.1) is 5.69 Å². The van der Waals surface area contributed by atoms with Crippen LogP contribution in [0.5, 0.6) is 0 Å². The second-order valence-corrected chi connectivity index (χ2v) is 3.16. The lowest BCUT2D eigenvalue weighted by Gasteiger charge is -2.01. The third kappa shape index (κ3) is 1.74. The van der Waals surface area contributed by atoms with Gasteiger partial charge < -0.3 is 11.2 Å². The number of nitrogen functional groups attached to an aromatic ring is 2. The number of nitrogens with one attached hydrogen (secondary N) is 1. The highest BCUT2D eigenvalue weighted by Crippen LogP contribution is 2.16. The average Bonchev–Trinajstić information content (AvgIpc) is 1.85. The number of halogens is 1. The van der Waals surface area contributed by atoms with E-state index in [-0.39, 0.29) is 0 Å². The minimum absolute atomic E-state index is 0.722. The molecule has 5 N–H and O–H groups in total. The molecule has 4 heteroatoms. The van der Waals surface area contributed by atoms with E-state index in [1.807, 2.05) is 12.1 Å². The van der Waals surface area contributed by atoms with E-state index in [2.05, 4.69) is 28.0 Å². The van der Waals surface area contributed by atoms with Crippen LogP contribution in [0.3, 0.4) is 0 Å². The zero-order chi connectivity index (χ0) is 7.56. The van der Waals surface area contributed by atoms with Crippen LogP contribution in [0.25, 0.3) is 0 Å². The largest absolute Gasteiger partial charge is 0.399 e. The highest BCUT2D eigenvalue weighted by molar-refractivity contribution is 14.1. The number of nitrogens with two attached hydrogens (primary N) is 2. The first-order valence-electron chi connectivity index (χ1n) is 2.75. The predicted molar refractivity (Wildman–Crippen MR) is 51.4 cm³/mol. The lowest BCUT2D eigenvalue weighted by atomic mass is 10.3. The van der Waals surface area contributed by atoms with Crippen LogP contribution in [0.1, 0.15) is 0 Å². The van der Waals surface area contributed by atoms with Gasteiger partial charge in [0.25, 0.3) is 0 Å². The third-order valence-electron chi connectivity index (χ3n) is 1.09. The number of hydrogen-bond donors (Lipinski definition) is 3. The van der Waals surface area contributed by atoms with E-state index in [1.54, 1.807) is 6.07 Å². The minimum Gasteiger partial charge on any atom is -0.399 e. The fourth-order valence-electron chi connectivity index (χ4n) is 0.696. The Morgan fingerprint density at radius 1 is 1.30 bits per heavy atom. The van der Waals surface area contributed by atoms with Crippen molar-refractivity contribution < 1.29 is 0 Å². The van der Waals surface area contributed by atoms with Crippen LogP contribution in [-0.2, 0) is 0 Å². The summed E-state index contributed by atoms with van der Waals surface area (Å²) in [5.41, 5.74) is 9.62. The zero-order valence-corrected chi connectivity index (χ0v) is 7.42. The molecule has 0 atom stereocenters. The SMILES string of the molecule is NNc1cc(N)cc(I)c1. The van der Waals surface area contributed by atoms with Crippen molar-refractivity contribution in [1.29, 1.82) is 0 Å². The summed E-state index contributed by atoms with van der Waals surface area (Å²) < 4.78 is 1.07. The molecule has 0 radical (unpaired) electrons. The van der Waals surface area contributed by atoms with Crippen LogP contribution >= 0.6 is 22.6 Å². The molecular weight excluding hydrogens is 241 g/mol. The molecule has 1 aromatic rings. The summed E-state index contributed by atoms with van der Waals surface area (Å²) in [7, 11) is 0. The summed E-state index contributed by atoms with van der Waals surface area (Å²) in [5, 5.41) is 0. The van der Waals surface area contributed by atoms with Gasteiger partial charge in [0.1, 0.15) is 0 Å². The lowest BCUT2D eigenvalue weighted by Crippen LogP contribution is -2.07. The van der Waals surface area contributed by atoms with Crippen molar-refractivity contribution in [2.45, 2.75) is 0 Å². The molecule has 0 saturated heterocycles. The number of benzene rings is 1. The lowest BCUT2D eigenvalue weighted by molar-refractivity contribution is 1.35. The van der Waals surface area contributed by atoms with E-state index in [0.717, 1.165) is 14.9 Å². The van der Waals surface area contributed by atoms with Crippen LogP contribution < -0.4 is 17.0 Å². The van der Waals surface area contributed by atoms with E-state index in [1.165, 1.54) is 0 Å². The Hall–Kier alpha value is -0.490. The Morgan fingerprint density at radius 2 is 2.00 bits per heavy atom. The molecule has 0 aliphatic rings. The van der Waals surface area contributed by atoms with Crippen LogP contribution in [0.4, 0.5) is 11.4 Å². The average molecular weight is 249 g/mol. The van der Waals surface area contributed by atoms with E-state index in [9.17, 15) is 0 Å². The summed E-state index contributed by atoms with van der Waals surface area (Å²) >= 11 is 2.18. The van der Waals surface area contributed by atoms with Gasteiger partial charge in [-0.3, -0.25) is 5.84 Å². The van der Waals surface area contributed by atoms with Crippen LogP contribution in [-0.4, -0.2) is 0 Å². The highest BCUT2D eigenvalue weighted by Gasteiger charge is 1.92. The monoisotopic (exact) mass is 249 g/mol. The Labute approximate surface area is 72.9 Å². The van der Waals surface area contributed by atoms with Gasteiger partial charge in [0.15, 0.2) is 0 Å². The molecule has 0 aliphatic carbocycles. The van der Waals surface area contributed by atoms with Gasteiger partial charge in [-0.2, -0.15) is 0 Å². The summed E-state index contributed by atoms with van der Waals surface area (Å²) in [4.78, 5) is 0. The molecule has 0 fully saturated rings. The number of rotatable bonds is 1. The fourth-order valence-corrected chi connectivity index (χ4v) is 1.39. The van der Waals surface area contributed by atoms with Crippen LogP contribution in [0.2, 0.25) is 0 Å². The van der Waals surface area contributed by atoms with Gasteiger partial charge in [-0.15, -0.1) is 0 Å². The number of hydrazine groups is 1. The first-order valence-corrected chi connectivity index (χ1v) is 3.83. The maximum atomic E-state index is 5.53. The van der Waals surface area contributed by atoms with Gasteiger partial charge in [-0.05, 0) is 40.8 Å². The summed E-state index contributed by atoms with van der Waals surface area (Å²) in [6, 6.07) is 5.57. The number of hydrogen-bond acceptors (Lipinski definition) is 3. The fraction of sp³-hybridized carbons (Fsp3) is 0. The molecule has 1 rings (SSSR count). The smallest absolute Gasteiger partial charge is 0.0516 e. The number of anilines is 2. The maximum absolute atomic E-state index is 5.53. The molecule has 3 nitrogen and oxygen atoms in total. The summed E-state index contributed by atoms with van der Waals surface area (Å²) in [5.74, 6) is 5.18. The van der Waals surface area contributed by atoms with Crippen LogP contribution in [0.15, 0.2) is 18.2 Å². The highest BCUT2D eigenvalue weighted by atomic mass is 127.